The molecule has 0 bridgehead atoms. The van der Waals surface area contributed by atoms with E-state index in [-0.39, 0.29) is 5.82 Å². The Bertz CT molecular complexity index is 494. The maximum absolute atomic E-state index is 12.8. The lowest BCUT2D eigenvalue weighted by Gasteiger charge is -2.09. The Morgan fingerprint density at radius 3 is 2.38 bits per heavy atom. The average Bonchev–Trinajstić information content (AvgIpc) is 2.30. The molecule has 0 fully saturated rings. The quantitative estimate of drug-likeness (QED) is 0.685. The number of hydrogen-bond acceptors (Lipinski definition) is 0. The van der Waals surface area contributed by atoms with Gasteiger partial charge in [0.25, 0.3) is 0 Å². The molecule has 0 saturated carbocycles. The molecule has 0 radical (unpaired) electrons. The van der Waals surface area contributed by atoms with Crippen LogP contribution >= 0.6 is 27.5 Å². The van der Waals surface area contributed by atoms with Gasteiger partial charge in [0.1, 0.15) is 5.82 Å². The lowest BCUT2D eigenvalue weighted by atomic mass is 10.0. The van der Waals surface area contributed by atoms with Crippen molar-refractivity contribution >= 4 is 27.5 Å². The van der Waals surface area contributed by atoms with Crippen molar-refractivity contribution in [1.29, 1.82) is 0 Å². The Labute approximate surface area is 107 Å². The van der Waals surface area contributed by atoms with E-state index >= 15 is 0 Å². The van der Waals surface area contributed by atoms with Crippen LogP contribution in [0, 0.1) is 5.82 Å². The Hall–Kier alpha value is -0.860. The zero-order valence-electron chi connectivity index (χ0n) is 8.38. The smallest absolute Gasteiger partial charge is 0.123 e. The fourth-order valence-electron chi connectivity index (χ4n) is 1.59. The van der Waals surface area contributed by atoms with Gasteiger partial charge < -0.3 is 0 Å². The molecule has 2 aromatic carbocycles. The minimum absolute atomic E-state index is 0.230. The fraction of sp³-hybridized carbons (Fsp3) is 0.0769. The van der Waals surface area contributed by atoms with Crippen LogP contribution < -0.4 is 0 Å². The van der Waals surface area contributed by atoms with Crippen molar-refractivity contribution in [2.75, 3.05) is 0 Å². The van der Waals surface area contributed by atoms with E-state index in [4.69, 9.17) is 11.6 Å². The lowest BCUT2D eigenvalue weighted by molar-refractivity contribution is 0.628. The van der Waals surface area contributed by atoms with Gasteiger partial charge >= 0.3 is 0 Å². The Balaban J connectivity index is 2.55. The van der Waals surface area contributed by atoms with Gasteiger partial charge in [-0.2, -0.15) is 0 Å². The number of hydrogen-bond donors (Lipinski definition) is 0. The molecule has 3 heteroatoms. The molecule has 0 aromatic heterocycles. The zero-order chi connectivity index (χ0) is 11.5. The first-order valence-electron chi connectivity index (χ1n) is 4.81. The maximum atomic E-state index is 12.8. The van der Waals surface area contributed by atoms with Crippen molar-refractivity contribution in [3.8, 4) is 11.1 Å². The molecule has 0 aliphatic carbocycles. The van der Waals surface area contributed by atoms with E-state index in [1.165, 1.54) is 12.1 Å². The summed E-state index contributed by atoms with van der Waals surface area (Å²) in [6.07, 6.45) is 0. The second-order valence-electron chi connectivity index (χ2n) is 3.41. The molecule has 0 aliphatic rings. The van der Waals surface area contributed by atoms with E-state index in [9.17, 15) is 4.39 Å². The lowest BCUT2D eigenvalue weighted by Crippen LogP contribution is -1.88. The summed E-state index contributed by atoms with van der Waals surface area (Å²) in [6.45, 7) is 0. The van der Waals surface area contributed by atoms with E-state index in [1.807, 2.05) is 18.2 Å². The highest BCUT2D eigenvalue weighted by molar-refractivity contribution is 9.10. The third-order valence-electron chi connectivity index (χ3n) is 2.41. The summed E-state index contributed by atoms with van der Waals surface area (Å²) < 4.78 is 13.8. The molecule has 0 aliphatic heterocycles. The summed E-state index contributed by atoms with van der Waals surface area (Å²) in [5.74, 6) is 0.194. The van der Waals surface area contributed by atoms with Gasteiger partial charge in [-0.15, -0.1) is 11.6 Å². The van der Waals surface area contributed by atoms with Crippen LogP contribution in [-0.4, -0.2) is 0 Å². The van der Waals surface area contributed by atoms with Crippen molar-refractivity contribution in [1.82, 2.24) is 0 Å². The summed E-state index contributed by atoms with van der Waals surface area (Å²) in [6, 6.07) is 12.3. The summed E-state index contributed by atoms with van der Waals surface area (Å²) in [7, 11) is 0. The van der Waals surface area contributed by atoms with Crippen LogP contribution in [0.25, 0.3) is 11.1 Å². The van der Waals surface area contributed by atoms with Crippen LogP contribution in [0.15, 0.2) is 46.9 Å². The third kappa shape index (κ3) is 2.28. The molecule has 0 nitrogen and oxygen atoms in total. The molecular weight excluding hydrogens is 290 g/mol. The summed E-state index contributed by atoms with van der Waals surface area (Å²) >= 11 is 9.37. The average molecular weight is 300 g/mol. The molecule has 16 heavy (non-hydrogen) atoms. The fourth-order valence-corrected chi connectivity index (χ4v) is 2.55. The number of alkyl halides is 1. The predicted molar refractivity (Wildman–Crippen MR) is 69.1 cm³/mol. The number of benzene rings is 2. The summed E-state index contributed by atoms with van der Waals surface area (Å²) in [4.78, 5) is 0. The normalized spacial score (nSPS) is 10.4. The molecule has 2 rings (SSSR count). The molecule has 0 saturated heterocycles. The van der Waals surface area contributed by atoms with Crippen molar-refractivity contribution in [3.05, 3.63) is 58.3 Å². The second-order valence-corrected chi connectivity index (χ2v) is 4.53. The van der Waals surface area contributed by atoms with Gasteiger partial charge in [0.15, 0.2) is 0 Å². The van der Waals surface area contributed by atoms with Gasteiger partial charge in [-0.3, -0.25) is 0 Å². The molecule has 82 valence electrons. The van der Waals surface area contributed by atoms with Crippen molar-refractivity contribution in [3.63, 3.8) is 0 Å². The van der Waals surface area contributed by atoms with Crippen LogP contribution in [0.4, 0.5) is 4.39 Å². The van der Waals surface area contributed by atoms with Crippen molar-refractivity contribution < 1.29 is 4.39 Å². The number of halogens is 3. The minimum Gasteiger partial charge on any atom is -0.207 e. The summed E-state index contributed by atoms with van der Waals surface area (Å²) in [5, 5.41) is 0. The second kappa shape index (κ2) is 4.98. The highest BCUT2D eigenvalue weighted by atomic mass is 79.9. The van der Waals surface area contributed by atoms with Gasteiger partial charge in [-0.1, -0.05) is 40.2 Å². The standard InChI is InChI=1S/C13H9BrClF/c14-13-3-1-2-11(12(13)8-15)9-4-6-10(16)7-5-9/h1-7H,8H2. The van der Waals surface area contributed by atoms with Crippen LogP contribution in [0.5, 0.6) is 0 Å². The van der Waals surface area contributed by atoms with E-state index < -0.39 is 0 Å². The predicted octanol–water partition coefficient (Wildman–Crippen LogP) is 4.99. The molecular formula is C13H9BrClF. The topological polar surface area (TPSA) is 0 Å². The first-order chi connectivity index (χ1) is 7.72. The monoisotopic (exact) mass is 298 g/mol. The van der Waals surface area contributed by atoms with Crippen LogP contribution in [-0.2, 0) is 5.88 Å². The van der Waals surface area contributed by atoms with Gasteiger partial charge in [0.05, 0.1) is 0 Å². The van der Waals surface area contributed by atoms with E-state index in [0.29, 0.717) is 5.88 Å². The largest absolute Gasteiger partial charge is 0.207 e. The molecule has 0 heterocycles. The van der Waals surface area contributed by atoms with Crippen molar-refractivity contribution in [2.24, 2.45) is 0 Å². The van der Waals surface area contributed by atoms with Crippen LogP contribution in [0.2, 0.25) is 0 Å². The molecule has 0 amide bonds. The molecule has 0 N–H and O–H groups in total. The SMILES string of the molecule is Fc1ccc(-c2cccc(Br)c2CCl)cc1. The zero-order valence-corrected chi connectivity index (χ0v) is 10.7. The van der Waals surface area contributed by atoms with Gasteiger partial charge in [0.2, 0.25) is 0 Å². The maximum Gasteiger partial charge on any atom is 0.123 e. The molecule has 0 unspecified atom stereocenters. The Morgan fingerprint density at radius 1 is 1.06 bits per heavy atom. The Morgan fingerprint density at radius 2 is 1.75 bits per heavy atom. The summed E-state index contributed by atoms with van der Waals surface area (Å²) in [5.41, 5.74) is 3.03. The van der Waals surface area contributed by atoms with Gasteiger partial charge in [-0.05, 0) is 34.9 Å². The van der Waals surface area contributed by atoms with E-state index in [0.717, 1.165) is 21.2 Å². The highest BCUT2D eigenvalue weighted by Gasteiger charge is 2.07. The van der Waals surface area contributed by atoms with Gasteiger partial charge in [-0.25, -0.2) is 4.39 Å². The number of rotatable bonds is 2. The molecule has 0 atom stereocenters. The Kier molecular flexibility index (Phi) is 3.62. The minimum atomic E-state index is -0.230. The molecule has 2 aromatic rings. The van der Waals surface area contributed by atoms with E-state index in [2.05, 4.69) is 15.9 Å². The van der Waals surface area contributed by atoms with Crippen LogP contribution in [0.1, 0.15) is 5.56 Å². The van der Waals surface area contributed by atoms with Crippen LogP contribution in [0.3, 0.4) is 0 Å². The van der Waals surface area contributed by atoms with E-state index in [1.54, 1.807) is 12.1 Å². The highest BCUT2D eigenvalue weighted by Crippen LogP contribution is 2.30. The van der Waals surface area contributed by atoms with Crippen molar-refractivity contribution in [2.45, 2.75) is 5.88 Å². The molecule has 0 spiro atoms. The first-order valence-corrected chi connectivity index (χ1v) is 6.14. The first kappa shape index (κ1) is 11.6. The van der Waals surface area contributed by atoms with Gasteiger partial charge in [0, 0.05) is 10.4 Å². The third-order valence-corrected chi connectivity index (χ3v) is 3.42.